The lowest BCUT2D eigenvalue weighted by molar-refractivity contribution is 0.122. The lowest BCUT2D eigenvalue weighted by Crippen LogP contribution is -2.57. The van der Waals surface area contributed by atoms with E-state index < -0.39 is 0 Å². The van der Waals surface area contributed by atoms with Crippen molar-refractivity contribution in [3.63, 3.8) is 0 Å². The Morgan fingerprint density at radius 2 is 0.929 bits per heavy atom. The molecule has 0 saturated heterocycles. The van der Waals surface area contributed by atoms with Crippen molar-refractivity contribution in [1.82, 2.24) is 0 Å². The molecule has 0 radical (unpaired) electrons. The monoisotopic (exact) mass is 1130 g/mol. The summed E-state index contributed by atoms with van der Waals surface area (Å²) in [6.07, 6.45) is 13.4. The topological polar surface area (TPSA) is 6.48 Å². The number of benzene rings is 6. The van der Waals surface area contributed by atoms with Crippen molar-refractivity contribution in [2.45, 2.75) is 227 Å². The summed E-state index contributed by atoms with van der Waals surface area (Å²) in [5.74, 6) is 0.439. The van der Waals surface area contributed by atoms with Crippen LogP contribution >= 0.6 is 11.3 Å². The van der Waals surface area contributed by atoms with Gasteiger partial charge < -0.3 is 9.80 Å². The number of nitrogens with zero attached hydrogens (tertiary/aromatic N) is 2. The largest absolute Gasteiger partial charge is 0.312 e. The maximum atomic E-state index is 2.84. The van der Waals surface area contributed by atoms with E-state index in [0.717, 1.165) is 12.8 Å². The Bertz CT molecular complexity index is 4000. The summed E-state index contributed by atoms with van der Waals surface area (Å²) in [4.78, 5) is 5.65. The Hall–Kier alpha value is -5.58. The van der Waals surface area contributed by atoms with Crippen LogP contribution in [0.15, 0.2) is 132 Å². The fourth-order valence-corrected chi connectivity index (χ4v) is 18.7. The van der Waals surface area contributed by atoms with Crippen LogP contribution in [0, 0.1) is 16.7 Å². The first-order valence-corrected chi connectivity index (χ1v) is 33.4. The van der Waals surface area contributed by atoms with Gasteiger partial charge in [-0.1, -0.05) is 197 Å². The van der Waals surface area contributed by atoms with E-state index in [-0.39, 0.29) is 55.4 Å². The van der Waals surface area contributed by atoms with E-state index in [1.54, 1.807) is 11.0 Å². The van der Waals surface area contributed by atoms with Gasteiger partial charge in [0.15, 0.2) is 0 Å². The Balaban J connectivity index is 1.16. The molecule has 5 aliphatic carbocycles. The Kier molecular flexibility index (Phi) is 12.1. The standard InChI is InChI=1S/C80H95BN2S/c1-72(2,3)50-25-30-68-55(41-50)69-71(84-68)83(52-27-29-57-59(43-52)76(10,11)34-32-74(57,6)7)67-40-49(54-45-61-60(77(12,13)35-36-78(61,14)15)44-53(54)48-23-21-20-22-24-48)39-66-70(67)81(69)64-46-62-63(80(18,19)38-37-79(62,16)17)47-65(64)82(66)51-26-28-56-58(42-51)75(8,9)33-31-73(56,4)5/h20-30,39-45,47,62H,31-38,46H2,1-19H3. The molecule has 1 fully saturated rings. The first-order valence-electron chi connectivity index (χ1n) is 32.5. The summed E-state index contributed by atoms with van der Waals surface area (Å²) in [6.45, 7) is 47.6. The number of hydrogen-bond donors (Lipinski definition) is 0. The fourth-order valence-electron chi connectivity index (χ4n) is 17.4. The summed E-state index contributed by atoms with van der Waals surface area (Å²) in [5, 5.41) is 2.82. The van der Waals surface area contributed by atoms with E-state index in [9.17, 15) is 0 Å². The molecule has 434 valence electrons. The highest BCUT2D eigenvalue weighted by Gasteiger charge is 2.53. The molecule has 14 rings (SSSR count). The van der Waals surface area contributed by atoms with Gasteiger partial charge in [0.05, 0.1) is 5.00 Å². The molecule has 7 aliphatic rings. The van der Waals surface area contributed by atoms with E-state index in [0.29, 0.717) is 5.92 Å². The second-order valence-electron chi connectivity index (χ2n) is 34.0. The normalized spacial score (nSPS) is 23.1. The molecule has 2 aliphatic heterocycles. The molecule has 1 saturated carbocycles. The molecule has 1 aromatic heterocycles. The maximum absolute atomic E-state index is 2.84. The zero-order valence-corrected chi connectivity index (χ0v) is 55.6. The van der Waals surface area contributed by atoms with Gasteiger partial charge in [0.25, 0.3) is 0 Å². The lowest BCUT2D eigenvalue weighted by atomic mass is 9.31. The van der Waals surface area contributed by atoms with Gasteiger partial charge in [0.1, 0.15) is 0 Å². The van der Waals surface area contributed by atoms with Crippen LogP contribution in [0.2, 0.25) is 0 Å². The minimum atomic E-state index is -0.00983. The molecule has 3 heterocycles. The molecule has 4 heteroatoms. The smallest absolute Gasteiger partial charge is 0.249 e. The fraction of sp³-hybridized carbons (Fsp3) is 0.475. The van der Waals surface area contributed by atoms with Crippen LogP contribution in [-0.2, 0) is 37.9 Å². The average molecular weight is 1130 g/mol. The van der Waals surface area contributed by atoms with Crippen LogP contribution in [0.3, 0.4) is 0 Å². The second kappa shape index (κ2) is 18.0. The highest BCUT2D eigenvalue weighted by atomic mass is 32.1. The zero-order chi connectivity index (χ0) is 59.6. The minimum absolute atomic E-state index is 0.00983. The quantitative estimate of drug-likeness (QED) is 0.162. The highest BCUT2D eigenvalue weighted by molar-refractivity contribution is 7.26. The number of hydrogen-bond acceptors (Lipinski definition) is 3. The van der Waals surface area contributed by atoms with E-state index in [2.05, 4.69) is 257 Å². The molecular formula is C80H95BN2S. The zero-order valence-electron chi connectivity index (χ0n) is 54.8. The van der Waals surface area contributed by atoms with Gasteiger partial charge in [-0.2, -0.15) is 0 Å². The molecule has 84 heavy (non-hydrogen) atoms. The molecule has 0 amide bonds. The molecule has 1 atom stereocenters. The summed E-state index contributed by atoms with van der Waals surface area (Å²) in [5.41, 5.74) is 29.1. The SMILES string of the molecule is CC1(C)CCC(C)(C)C2CC3=C(C=C21)N(c1ccc2c(c1)C(C)(C)CCC2(C)C)c1cc(-c2cc4c(cc2-c2ccccc2)C(C)(C)CCC4(C)C)cc2c1B3c1c(sc3ccc(C(C)(C)C)cc13)N2c1ccc2c(c1)C(C)(C)CCC2(C)C. The van der Waals surface area contributed by atoms with Crippen molar-refractivity contribution in [2.24, 2.45) is 16.7 Å². The Morgan fingerprint density at radius 3 is 1.46 bits per heavy atom. The van der Waals surface area contributed by atoms with Gasteiger partial charge in [0.2, 0.25) is 6.71 Å². The van der Waals surface area contributed by atoms with Crippen molar-refractivity contribution >= 4 is 66.8 Å². The van der Waals surface area contributed by atoms with Crippen LogP contribution in [0.4, 0.5) is 27.8 Å². The molecule has 0 spiro atoms. The van der Waals surface area contributed by atoms with Crippen molar-refractivity contribution in [2.75, 3.05) is 9.80 Å². The van der Waals surface area contributed by atoms with E-state index in [1.807, 2.05) is 11.3 Å². The third-order valence-corrected chi connectivity index (χ3v) is 24.8. The summed E-state index contributed by atoms with van der Waals surface area (Å²) >= 11 is 2.04. The van der Waals surface area contributed by atoms with Gasteiger partial charge >= 0.3 is 0 Å². The predicted octanol–water partition coefficient (Wildman–Crippen LogP) is 21.7. The van der Waals surface area contributed by atoms with Crippen LogP contribution in [-0.4, -0.2) is 6.71 Å². The molecule has 0 bridgehead atoms. The lowest BCUT2D eigenvalue weighted by Gasteiger charge is -2.53. The number of fused-ring (bicyclic) bond motifs is 9. The summed E-state index contributed by atoms with van der Waals surface area (Å²) < 4.78 is 1.38. The average Bonchev–Trinajstić information content (AvgIpc) is 1.16. The molecular weight excluding hydrogens is 1030 g/mol. The van der Waals surface area contributed by atoms with Crippen molar-refractivity contribution in [1.29, 1.82) is 0 Å². The predicted molar refractivity (Wildman–Crippen MR) is 366 cm³/mol. The minimum Gasteiger partial charge on any atom is -0.312 e. The number of rotatable bonds is 4. The van der Waals surface area contributed by atoms with Crippen LogP contribution in [0.25, 0.3) is 32.3 Å². The highest BCUT2D eigenvalue weighted by Crippen LogP contribution is 2.61. The summed E-state index contributed by atoms with van der Waals surface area (Å²) in [6, 6.07) is 45.2. The third-order valence-electron chi connectivity index (χ3n) is 23.7. The van der Waals surface area contributed by atoms with Crippen LogP contribution < -0.4 is 20.7 Å². The van der Waals surface area contributed by atoms with Gasteiger partial charge in [-0.3, -0.25) is 0 Å². The molecule has 7 aromatic rings. The van der Waals surface area contributed by atoms with E-state index in [4.69, 9.17) is 0 Å². The summed E-state index contributed by atoms with van der Waals surface area (Å²) in [7, 11) is 0. The van der Waals surface area contributed by atoms with Crippen molar-refractivity contribution in [3.05, 3.63) is 171 Å². The first-order chi connectivity index (χ1) is 39.2. The first kappa shape index (κ1) is 56.2. The van der Waals surface area contributed by atoms with E-state index >= 15 is 0 Å². The van der Waals surface area contributed by atoms with Gasteiger partial charge in [0, 0.05) is 33.1 Å². The Morgan fingerprint density at radius 1 is 0.452 bits per heavy atom. The third kappa shape index (κ3) is 8.41. The van der Waals surface area contributed by atoms with E-state index in [1.165, 1.54) is 161 Å². The number of anilines is 5. The molecule has 6 aromatic carbocycles. The molecule has 0 N–H and O–H groups in total. The van der Waals surface area contributed by atoms with Gasteiger partial charge in [-0.15, -0.1) is 11.3 Å². The van der Waals surface area contributed by atoms with Gasteiger partial charge in [-0.05, 0) is 251 Å². The van der Waals surface area contributed by atoms with Crippen LogP contribution in [0.5, 0.6) is 0 Å². The maximum Gasteiger partial charge on any atom is 0.249 e. The van der Waals surface area contributed by atoms with Crippen molar-refractivity contribution in [3.8, 4) is 22.3 Å². The number of thiophene rings is 1. The van der Waals surface area contributed by atoms with Gasteiger partial charge in [-0.25, -0.2) is 0 Å². The second-order valence-corrected chi connectivity index (χ2v) is 35.1. The van der Waals surface area contributed by atoms with Crippen LogP contribution in [0.1, 0.15) is 228 Å². The molecule has 1 unspecified atom stereocenters. The van der Waals surface area contributed by atoms with Crippen molar-refractivity contribution < 1.29 is 0 Å². The number of allylic oxidation sites excluding steroid dienone is 3. The Labute approximate surface area is 510 Å². The molecule has 2 nitrogen and oxygen atoms in total.